The average molecular weight is 1040 g/mol. The lowest BCUT2D eigenvalue weighted by Crippen LogP contribution is -2.60. The van der Waals surface area contributed by atoms with Gasteiger partial charge in [0.25, 0.3) is 0 Å². The summed E-state index contributed by atoms with van der Waals surface area (Å²) >= 11 is 0. The summed E-state index contributed by atoms with van der Waals surface area (Å²) in [7, 11) is 0. The minimum Gasteiger partial charge on any atom is -0.394 e. The monoisotopic (exact) mass is 1040 g/mol. The molecule has 1 saturated heterocycles. The third-order valence-electron chi connectivity index (χ3n) is 15.1. The molecule has 1 rings (SSSR count). The van der Waals surface area contributed by atoms with E-state index in [0.717, 1.165) is 51.4 Å². The molecular formula is C65H121NO8. The first kappa shape index (κ1) is 70.2. The molecule has 434 valence electrons. The number of nitrogens with one attached hydrogen (secondary N) is 1. The molecule has 6 N–H and O–H groups in total. The van der Waals surface area contributed by atoms with Crippen molar-refractivity contribution in [1.82, 2.24) is 5.32 Å². The molecule has 0 aromatic rings. The van der Waals surface area contributed by atoms with E-state index >= 15 is 0 Å². The van der Waals surface area contributed by atoms with Gasteiger partial charge in [0.1, 0.15) is 24.4 Å². The van der Waals surface area contributed by atoms with Gasteiger partial charge in [0, 0.05) is 6.42 Å². The standard InChI is InChI=1S/C65H121NO8/c1-3-5-7-9-11-13-15-17-18-19-20-21-22-23-24-25-26-27-28-29-30-31-32-33-34-35-36-37-38-39-40-41-42-43-45-47-49-51-53-55-61(69)66-58(57-73-65-64(72)63(71)62(70)60(56-67)74-65)59(68)54-52-50-48-46-44-16-14-12-10-8-6-4-2/h10,12,19-20,44,46,52,54,58-60,62-65,67-68,70-72H,3-9,11,13-18,21-43,45,47-51,53,55-57H2,1-2H3,(H,66,69)/b12-10+,20-19-,46-44+,54-52+. The van der Waals surface area contributed by atoms with Crippen LogP contribution in [0.4, 0.5) is 0 Å². The van der Waals surface area contributed by atoms with Gasteiger partial charge in [-0.25, -0.2) is 0 Å². The van der Waals surface area contributed by atoms with Crippen LogP contribution in [-0.4, -0.2) is 87.5 Å². The highest BCUT2D eigenvalue weighted by Gasteiger charge is 2.44. The second-order valence-corrected chi connectivity index (χ2v) is 22.2. The van der Waals surface area contributed by atoms with E-state index in [-0.39, 0.29) is 12.5 Å². The second kappa shape index (κ2) is 54.5. The summed E-state index contributed by atoms with van der Waals surface area (Å²) in [5, 5.41) is 54.3. The Morgan fingerprint density at radius 1 is 0.446 bits per heavy atom. The van der Waals surface area contributed by atoms with E-state index in [9.17, 15) is 30.3 Å². The van der Waals surface area contributed by atoms with E-state index in [1.165, 1.54) is 231 Å². The number of allylic oxidation sites excluding steroid dienone is 7. The van der Waals surface area contributed by atoms with Crippen molar-refractivity contribution in [1.29, 1.82) is 0 Å². The zero-order chi connectivity index (χ0) is 53.6. The molecular weight excluding hydrogens is 923 g/mol. The smallest absolute Gasteiger partial charge is 0.220 e. The van der Waals surface area contributed by atoms with Gasteiger partial charge in [-0.05, 0) is 64.2 Å². The van der Waals surface area contributed by atoms with Gasteiger partial charge >= 0.3 is 0 Å². The summed E-state index contributed by atoms with van der Waals surface area (Å²) in [6, 6.07) is -0.826. The molecule has 74 heavy (non-hydrogen) atoms. The SMILES string of the molecule is CCCC/C=C/CC/C=C/CC/C=C/C(O)C(COC1OC(CO)C(O)C(O)C1O)NC(=O)CCCCCCCCCCCCCCCCCCCCCCCCCCCCC/C=C\CCCCCCCCCC. The van der Waals surface area contributed by atoms with E-state index in [1.807, 2.05) is 6.08 Å². The Bertz CT molecular complexity index is 1300. The van der Waals surface area contributed by atoms with Crippen molar-refractivity contribution in [3.63, 3.8) is 0 Å². The van der Waals surface area contributed by atoms with Crippen LogP contribution in [-0.2, 0) is 14.3 Å². The first-order chi connectivity index (χ1) is 36.3. The van der Waals surface area contributed by atoms with Crippen LogP contribution < -0.4 is 5.32 Å². The van der Waals surface area contributed by atoms with Crippen molar-refractivity contribution in [2.45, 2.75) is 346 Å². The van der Waals surface area contributed by atoms with Crippen molar-refractivity contribution in [3.05, 3.63) is 48.6 Å². The molecule has 0 saturated carbocycles. The van der Waals surface area contributed by atoms with Crippen LogP contribution in [0.25, 0.3) is 0 Å². The van der Waals surface area contributed by atoms with E-state index in [0.29, 0.717) is 6.42 Å². The van der Waals surface area contributed by atoms with E-state index in [2.05, 4.69) is 55.6 Å². The Kier molecular flexibility index (Phi) is 51.7. The third kappa shape index (κ3) is 43.2. The van der Waals surface area contributed by atoms with Gasteiger partial charge in [-0.2, -0.15) is 0 Å². The number of unbranched alkanes of at least 4 members (excludes halogenated alkanes) is 39. The fraction of sp³-hybridized carbons (Fsp3) is 0.862. The maximum absolute atomic E-state index is 13.0. The minimum absolute atomic E-state index is 0.188. The number of hydrogen-bond donors (Lipinski definition) is 6. The fourth-order valence-electron chi connectivity index (χ4n) is 10.1. The zero-order valence-corrected chi connectivity index (χ0v) is 48.4. The fourth-order valence-corrected chi connectivity index (χ4v) is 10.1. The molecule has 0 aromatic carbocycles. The highest BCUT2D eigenvalue weighted by Crippen LogP contribution is 2.23. The van der Waals surface area contributed by atoms with Gasteiger partial charge in [-0.3, -0.25) is 4.79 Å². The van der Waals surface area contributed by atoms with Crippen LogP contribution in [0.1, 0.15) is 303 Å². The lowest BCUT2D eigenvalue weighted by Gasteiger charge is -2.40. The number of hydrogen-bond acceptors (Lipinski definition) is 8. The number of amides is 1. The van der Waals surface area contributed by atoms with Crippen molar-refractivity contribution >= 4 is 5.91 Å². The predicted molar refractivity (Wildman–Crippen MR) is 313 cm³/mol. The van der Waals surface area contributed by atoms with Crippen LogP contribution in [0.3, 0.4) is 0 Å². The van der Waals surface area contributed by atoms with E-state index in [4.69, 9.17) is 9.47 Å². The molecule has 9 nitrogen and oxygen atoms in total. The maximum Gasteiger partial charge on any atom is 0.220 e. The molecule has 0 spiro atoms. The summed E-state index contributed by atoms with van der Waals surface area (Å²) in [5.74, 6) is -0.188. The second-order valence-electron chi connectivity index (χ2n) is 22.2. The zero-order valence-electron chi connectivity index (χ0n) is 48.4. The van der Waals surface area contributed by atoms with Gasteiger partial charge in [0.2, 0.25) is 5.91 Å². The number of ether oxygens (including phenoxy) is 2. The van der Waals surface area contributed by atoms with Crippen LogP contribution >= 0.6 is 0 Å². The molecule has 0 aliphatic carbocycles. The maximum atomic E-state index is 13.0. The molecule has 1 aliphatic rings. The number of rotatable bonds is 55. The Morgan fingerprint density at radius 2 is 0.784 bits per heavy atom. The predicted octanol–water partition coefficient (Wildman–Crippen LogP) is 16.5. The van der Waals surface area contributed by atoms with E-state index in [1.54, 1.807) is 6.08 Å². The molecule has 1 fully saturated rings. The van der Waals surface area contributed by atoms with Crippen molar-refractivity contribution in [2.24, 2.45) is 0 Å². The van der Waals surface area contributed by atoms with Crippen molar-refractivity contribution in [3.8, 4) is 0 Å². The normalized spacial score (nSPS) is 19.3. The lowest BCUT2D eigenvalue weighted by atomic mass is 9.99. The molecule has 7 unspecified atom stereocenters. The Labute approximate surface area is 456 Å². The Balaban J connectivity index is 2.02. The molecule has 0 radical (unpaired) electrons. The largest absolute Gasteiger partial charge is 0.394 e. The summed E-state index contributed by atoms with van der Waals surface area (Å²) < 4.78 is 11.2. The quantitative estimate of drug-likeness (QED) is 0.0261. The van der Waals surface area contributed by atoms with Crippen LogP contribution in [0.2, 0.25) is 0 Å². The minimum atomic E-state index is -1.57. The third-order valence-corrected chi connectivity index (χ3v) is 15.1. The highest BCUT2D eigenvalue weighted by molar-refractivity contribution is 5.76. The molecule has 0 bridgehead atoms. The van der Waals surface area contributed by atoms with E-state index < -0.39 is 49.5 Å². The summed E-state index contributed by atoms with van der Waals surface area (Å²) in [4.78, 5) is 13.0. The van der Waals surface area contributed by atoms with Gasteiger partial charge in [0.15, 0.2) is 6.29 Å². The summed E-state index contributed by atoms with van der Waals surface area (Å²) in [6.45, 7) is 3.72. The van der Waals surface area contributed by atoms with Crippen molar-refractivity contribution < 1.29 is 39.8 Å². The summed E-state index contributed by atoms with van der Waals surface area (Å²) in [5.41, 5.74) is 0. The number of aliphatic hydroxyl groups is 5. The Hall–Kier alpha value is -1.85. The molecule has 9 heteroatoms. The first-order valence-corrected chi connectivity index (χ1v) is 31.9. The van der Waals surface area contributed by atoms with Gasteiger partial charge in [-0.1, -0.05) is 281 Å². The average Bonchev–Trinajstić information content (AvgIpc) is 3.40. The number of aliphatic hydroxyl groups excluding tert-OH is 5. The van der Waals surface area contributed by atoms with Gasteiger partial charge in [0.05, 0.1) is 25.4 Å². The van der Waals surface area contributed by atoms with Gasteiger partial charge in [-0.15, -0.1) is 0 Å². The lowest BCUT2D eigenvalue weighted by molar-refractivity contribution is -0.302. The van der Waals surface area contributed by atoms with Crippen LogP contribution in [0.15, 0.2) is 48.6 Å². The molecule has 1 amide bonds. The summed E-state index contributed by atoms with van der Waals surface area (Å²) in [6.07, 6.45) is 66.7. The molecule has 1 heterocycles. The first-order valence-electron chi connectivity index (χ1n) is 31.9. The molecule has 0 aromatic heterocycles. The number of carbonyl (C=O) groups excluding carboxylic acids is 1. The topological polar surface area (TPSA) is 149 Å². The highest BCUT2D eigenvalue weighted by atomic mass is 16.7. The van der Waals surface area contributed by atoms with Crippen LogP contribution in [0, 0.1) is 0 Å². The van der Waals surface area contributed by atoms with Gasteiger partial charge < -0.3 is 40.3 Å². The van der Waals surface area contributed by atoms with Crippen LogP contribution in [0.5, 0.6) is 0 Å². The van der Waals surface area contributed by atoms with Crippen molar-refractivity contribution in [2.75, 3.05) is 13.2 Å². The number of carbonyl (C=O) groups is 1. The molecule has 1 aliphatic heterocycles. The Morgan fingerprint density at radius 3 is 1.18 bits per heavy atom. The molecule has 7 atom stereocenters.